The van der Waals surface area contributed by atoms with Crippen molar-refractivity contribution in [3.63, 3.8) is 0 Å². The molecule has 0 radical (unpaired) electrons. The van der Waals surface area contributed by atoms with Crippen LogP contribution in [-0.2, 0) is 26.6 Å². The molecule has 0 aliphatic heterocycles. The standard InChI is InChI=1S/C15H17FN4/c1-3-15-13(10-20(2)19-15)9-18-8-12-6-11(7-17)4-5-14(12)16/h4-6,10,18H,3,8-9H2,1-2H3. The second-order valence-electron chi connectivity index (χ2n) is 4.65. The summed E-state index contributed by atoms with van der Waals surface area (Å²) in [5.74, 6) is -0.293. The van der Waals surface area contributed by atoms with Gasteiger partial charge in [0.1, 0.15) is 5.82 Å². The van der Waals surface area contributed by atoms with Crippen molar-refractivity contribution in [1.29, 1.82) is 5.26 Å². The summed E-state index contributed by atoms with van der Waals surface area (Å²) in [5.41, 5.74) is 3.14. The van der Waals surface area contributed by atoms with E-state index in [0.717, 1.165) is 17.7 Å². The van der Waals surface area contributed by atoms with Crippen LogP contribution in [0.15, 0.2) is 24.4 Å². The minimum atomic E-state index is -0.293. The molecule has 0 saturated carbocycles. The number of aromatic nitrogens is 2. The van der Waals surface area contributed by atoms with Crippen molar-refractivity contribution in [3.05, 3.63) is 52.6 Å². The van der Waals surface area contributed by atoms with Crippen LogP contribution in [0, 0.1) is 17.1 Å². The van der Waals surface area contributed by atoms with E-state index in [1.54, 1.807) is 10.7 Å². The fraction of sp³-hybridized carbons (Fsp3) is 0.333. The molecule has 0 aliphatic carbocycles. The van der Waals surface area contributed by atoms with Crippen LogP contribution in [0.5, 0.6) is 0 Å². The number of aryl methyl sites for hydroxylation is 2. The lowest BCUT2D eigenvalue weighted by molar-refractivity contribution is 0.587. The Hall–Kier alpha value is -2.19. The van der Waals surface area contributed by atoms with E-state index in [0.29, 0.717) is 24.2 Å². The van der Waals surface area contributed by atoms with Crippen LogP contribution in [-0.4, -0.2) is 9.78 Å². The molecule has 5 heteroatoms. The Kier molecular flexibility index (Phi) is 4.49. The van der Waals surface area contributed by atoms with Crippen LogP contribution in [0.25, 0.3) is 0 Å². The molecule has 4 nitrogen and oxygen atoms in total. The van der Waals surface area contributed by atoms with Gasteiger partial charge in [-0.05, 0) is 24.6 Å². The van der Waals surface area contributed by atoms with Gasteiger partial charge in [-0.2, -0.15) is 10.4 Å². The van der Waals surface area contributed by atoms with E-state index < -0.39 is 0 Å². The maximum atomic E-state index is 13.6. The maximum absolute atomic E-state index is 13.6. The first-order chi connectivity index (χ1) is 9.63. The van der Waals surface area contributed by atoms with Crippen molar-refractivity contribution in [2.75, 3.05) is 0 Å². The zero-order valence-corrected chi connectivity index (χ0v) is 11.7. The molecule has 0 aliphatic rings. The van der Waals surface area contributed by atoms with Crippen LogP contribution >= 0.6 is 0 Å². The smallest absolute Gasteiger partial charge is 0.127 e. The molecular formula is C15H17FN4. The Bertz CT molecular complexity index is 640. The van der Waals surface area contributed by atoms with Crippen LogP contribution in [0.3, 0.4) is 0 Å². The third-order valence-electron chi connectivity index (χ3n) is 3.13. The topological polar surface area (TPSA) is 53.6 Å². The van der Waals surface area contributed by atoms with Crippen molar-refractivity contribution >= 4 is 0 Å². The lowest BCUT2D eigenvalue weighted by Crippen LogP contribution is -2.14. The number of rotatable bonds is 5. The summed E-state index contributed by atoms with van der Waals surface area (Å²) in [4.78, 5) is 0. The fourth-order valence-electron chi connectivity index (χ4n) is 2.14. The Morgan fingerprint density at radius 3 is 2.80 bits per heavy atom. The quantitative estimate of drug-likeness (QED) is 0.908. The molecule has 0 unspecified atom stereocenters. The molecule has 2 rings (SSSR count). The van der Waals surface area contributed by atoms with Gasteiger partial charge in [0.25, 0.3) is 0 Å². The third-order valence-corrected chi connectivity index (χ3v) is 3.13. The zero-order valence-electron chi connectivity index (χ0n) is 11.7. The van der Waals surface area contributed by atoms with Crippen LogP contribution in [0.1, 0.15) is 29.3 Å². The summed E-state index contributed by atoms with van der Waals surface area (Å²) in [6.07, 6.45) is 2.84. The molecule has 0 bridgehead atoms. The van der Waals surface area contributed by atoms with E-state index in [1.807, 2.05) is 19.3 Å². The summed E-state index contributed by atoms with van der Waals surface area (Å²) in [7, 11) is 1.89. The molecule has 104 valence electrons. The Morgan fingerprint density at radius 2 is 2.10 bits per heavy atom. The van der Waals surface area contributed by atoms with Crippen LogP contribution < -0.4 is 5.32 Å². The van der Waals surface area contributed by atoms with Crippen molar-refractivity contribution in [3.8, 4) is 6.07 Å². The largest absolute Gasteiger partial charge is 0.308 e. The van der Waals surface area contributed by atoms with Gasteiger partial charge in [-0.3, -0.25) is 4.68 Å². The molecule has 0 atom stereocenters. The molecular weight excluding hydrogens is 255 g/mol. The van der Waals surface area contributed by atoms with E-state index in [4.69, 9.17) is 5.26 Å². The SMILES string of the molecule is CCc1nn(C)cc1CNCc1cc(C#N)ccc1F. The number of hydrogen-bond acceptors (Lipinski definition) is 3. The summed E-state index contributed by atoms with van der Waals surface area (Å²) in [5, 5.41) is 16.4. The van der Waals surface area contributed by atoms with Gasteiger partial charge in [-0.25, -0.2) is 4.39 Å². The highest BCUT2D eigenvalue weighted by Crippen LogP contribution is 2.11. The highest BCUT2D eigenvalue weighted by molar-refractivity contribution is 5.33. The van der Waals surface area contributed by atoms with Gasteiger partial charge in [0.05, 0.1) is 17.3 Å². The van der Waals surface area contributed by atoms with E-state index >= 15 is 0 Å². The lowest BCUT2D eigenvalue weighted by Gasteiger charge is -2.06. The van der Waals surface area contributed by atoms with Gasteiger partial charge < -0.3 is 5.32 Å². The van der Waals surface area contributed by atoms with Crippen molar-refractivity contribution < 1.29 is 4.39 Å². The molecule has 20 heavy (non-hydrogen) atoms. The fourth-order valence-corrected chi connectivity index (χ4v) is 2.14. The molecule has 0 amide bonds. The number of halogens is 1. The average molecular weight is 272 g/mol. The summed E-state index contributed by atoms with van der Waals surface area (Å²) < 4.78 is 15.4. The summed E-state index contributed by atoms with van der Waals surface area (Å²) in [6, 6.07) is 6.40. The second kappa shape index (κ2) is 6.31. The highest BCUT2D eigenvalue weighted by atomic mass is 19.1. The van der Waals surface area contributed by atoms with Crippen molar-refractivity contribution in [2.45, 2.75) is 26.4 Å². The Morgan fingerprint density at radius 1 is 1.35 bits per heavy atom. The average Bonchev–Trinajstić information content (AvgIpc) is 2.81. The molecule has 1 aromatic heterocycles. The van der Waals surface area contributed by atoms with Gasteiger partial charge in [0.15, 0.2) is 0 Å². The van der Waals surface area contributed by atoms with E-state index in [-0.39, 0.29) is 5.82 Å². The van der Waals surface area contributed by atoms with Crippen molar-refractivity contribution in [2.24, 2.45) is 7.05 Å². The first kappa shape index (κ1) is 14.2. The number of nitrogens with one attached hydrogen (secondary N) is 1. The molecule has 0 spiro atoms. The van der Waals surface area contributed by atoms with Gasteiger partial charge in [-0.1, -0.05) is 6.92 Å². The first-order valence-corrected chi connectivity index (χ1v) is 6.54. The summed E-state index contributed by atoms with van der Waals surface area (Å²) >= 11 is 0. The minimum absolute atomic E-state index is 0.293. The second-order valence-corrected chi connectivity index (χ2v) is 4.65. The van der Waals surface area contributed by atoms with Crippen LogP contribution in [0.2, 0.25) is 0 Å². The van der Waals surface area contributed by atoms with Gasteiger partial charge >= 0.3 is 0 Å². The summed E-state index contributed by atoms with van der Waals surface area (Å²) in [6.45, 7) is 3.08. The highest BCUT2D eigenvalue weighted by Gasteiger charge is 2.07. The van der Waals surface area contributed by atoms with E-state index in [2.05, 4.69) is 17.3 Å². The van der Waals surface area contributed by atoms with Gasteiger partial charge in [0, 0.05) is 37.5 Å². The normalized spacial score (nSPS) is 10.5. The Balaban J connectivity index is 2.01. The Labute approximate surface area is 117 Å². The number of nitrogens with zero attached hydrogens (tertiary/aromatic N) is 3. The minimum Gasteiger partial charge on any atom is -0.308 e. The molecule has 1 aromatic carbocycles. The predicted octanol–water partition coefficient (Wildman–Crippen LogP) is 2.28. The first-order valence-electron chi connectivity index (χ1n) is 6.54. The molecule has 2 aromatic rings. The maximum Gasteiger partial charge on any atom is 0.127 e. The van der Waals surface area contributed by atoms with E-state index in [9.17, 15) is 4.39 Å². The van der Waals surface area contributed by atoms with E-state index in [1.165, 1.54) is 12.1 Å². The van der Waals surface area contributed by atoms with Gasteiger partial charge in [-0.15, -0.1) is 0 Å². The van der Waals surface area contributed by atoms with Crippen molar-refractivity contribution in [1.82, 2.24) is 15.1 Å². The number of hydrogen-bond donors (Lipinski definition) is 1. The lowest BCUT2D eigenvalue weighted by atomic mass is 10.1. The molecule has 0 fully saturated rings. The van der Waals surface area contributed by atoms with Crippen LogP contribution in [0.4, 0.5) is 4.39 Å². The molecule has 1 N–H and O–H groups in total. The third kappa shape index (κ3) is 3.22. The predicted molar refractivity (Wildman–Crippen MR) is 74.2 cm³/mol. The monoisotopic (exact) mass is 272 g/mol. The molecule has 0 saturated heterocycles. The number of benzene rings is 1. The van der Waals surface area contributed by atoms with Gasteiger partial charge in [0.2, 0.25) is 0 Å². The zero-order chi connectivity index (χ0) is 14.5. The molecule has 1 heterocycles. The number of nitriles is 1.